The van der Waals surface area contributed by atoms with E-state index in [1.54, 1.807) is 24.3 Å². The number of carbonyl (C=O) groups is 1. The lowest BCUT2D eigenvalue weighted by atomic mass is 9.39. The van der Waals surface area contributed by atoms with Crippen molar-refractivity contribution < 1.29 is 9.90 Å². The van der Waals surface area contributed by atoms with Gasteiger partial charge in [0.05, 0.1) is 5.54 Å². The molecule has 0 aliphatic heterocycles. The summed E-state index contributed by atoms with van der Waals surface area (Å²) in [6.07, 6.45) is 0.135. The SMILES string of the molecule is BC1(B)CCC(O)C(=O)C1(N)c1ccccc1Cl. The molecule has 0 amide bonds. The van der Waals surface area contributed by atoms with Gasteiger partial charge in [-0.05, 0) is 18.1 Å². The topological polar surface area (TPSA) is 63.3 Å². The highest BCUT2D eigenvalue weighted by Crippen LogP contribution is 2.49. The second kappa shape index (κ2) is 4.41. The monoisotopic (exact) mass is 263 g/mol. The first-order chi connectivity index (χ1) is 8.30. The molecule has 94 valence electrons. The summed E-state index contributed by atoms with van der Waals surface area (Å²) in [5.41, 5.74) is 5.76. The van der Waals surface area contributed by atoms with E-state index in [0.717, 1.165) is 0 Å². The highest BCUT2D eigenvalue weighted by atomic mass is 35.5. The Bertz CT molecular complexity index is 495. The first-order valence-corrected chi connectivity index (χ1v) is 6.45. The standard InChI is InChI=1S/C12H16B2ClNO2/c13-11(14)6-5-9(17)10(18)12(11,16)7-3-1-2-4-8(7)15/h1-4,9,17H,5-6,13-14,16H2. The molecule has 0 saturated heterocycles. The molecular weight excluding hydrogens is 247 g/mol. The Labute approximate surface area is 114 Å². The molecule has 0 spiro atoms. The maximum absolute atomic E-state index is 12.4. The molecule has 1 aliphatic carbocycles. The van der Waals surface area contributed by atoms with Crippen LogP contribution in [0.25, 0.3) is 0 Å². The summed E-state index contributed by atoms with van der Waals surface area (Å²) in [7, 11) is 3.89. The highest BCUT2D eigenvalue weighted by molar-refractivity contribution is 6.43. The van der Waals surface area contributed by atoms with Gasteiger partial charge in [0.2, 0.25) is 0 Å². The van der Waals surface area contributed by atoms with Gasteiger partial charge in [-0.25, -0.2) is 0 Å². The third kappa shape index (κ3) is 1.81. The second-order valence-corrected chi connectivity index (χ2v) is 6.00. The molecule has 6 heteroatoms. The van der Waals surface area contributed by atoms with Crippen LogP contribution in [0, 0.1) is 0 Å². The van der Waals surface area contributed by atoms with Crippen LogP contribution in [-0.4, -0.2) is 32.7 Å². The normalized spacial score (nSPS) is 31.3. The van der Waals surface area contributed by atoms with Crippen LogP contribution in [0.1, 0.15) is 18.4 Å². The minimum Gasteiger partial charge on any atom is -0.385 e. The summed E-state index contributed by atoms with van der Waals surface area (Å²) in [6.45, 7) is 0. The smallest absolute Gasteiger partial charge is 0.184 e. The molecule has 1 aromatic rings. The number of rotatable bonds is 1. The number of nitrogens with two attached hydrogens (primary N) is 1. The molecule has 0 aromatic heterocycles. The molecule has 2 unspecified atom stereocenters. The minimum absolute atomic E-state index is 0.341. The van der Waals surface area contributed by atoms with E-state index >= 15 is 0 Å². The van der Waals surface area contributed by atoms with Gasteiger partial charge in [-0.3, -0.25) is 4.79 Å². The molecule has 1 aromatic carbocycles. The summed E-state index contributed by atoms with van der Waals surface area (Å²) >= 11 is 6.17. The number of hydrogen-bond acceptors (Lipinski definition) is 3. The summed E-state index contributed by atoms with van der Waals surface area (Å²) in [4.78, 5) is 12.4. The Kier molecular flexibility index (Phi) is 3.34. The Morgan fingerprint density at radius 2 is 2.00 bits per heavy atom. The van der Waals surface area contributed by atoms with Crippen LogP contribution in [0.4, 0.5) is 0 Å². The molecule has 1 saturated carbocycles. The number of aliphatic hydroxyl groups excluding tert-OH is 1. The molecule has 0 bridgehead atoms. The quantitative estimate of drug-likeness (QED) is 0.678. The van der Waals surface area contributed by atoms with E-state index in [0.29, 0.717) is 23.4 Å². The molecule has 2 rings (SSSR count). The van der Waals surface area contributed by atoms with E-state index in [1.165, 1.54) is 0 Å². The zero-order valence-corrected chi connectivity index (χ0v) is 11.4. The van der Waals surface area contributed by atoms with Crippen molar-refractivity contribution in [2.45, 2.75) is 29.7 Å². The van der Waals surface area contributed by atoms with Gasteiger partial charge in [0.15, 0.2) is 5.78 Å². The average Bonchev–Trinajstić information content (AvgIpc) is 2.33. The lowest BCUT2D eigenvalue weighted by molar-refractivity contribution is -0.136. The van der Waals surface area contributed by atoms with E-state index < -0.39 is 16.9 Å². The molecule has 3 nitrogen and oxygen atoms in total. The third-order valence-electron chi connectivity index (χ3n) is 4.10. The number of aliphatic hydroxyl groups is 1. The second-order valence-electron chi connectivity index (χ2n) is 5.59. The first-order valence-electron chi connectivity index (χ1n) is 6.07. The minimum atomic E-state index is -1.23. The molecule has 0 radical (unpaired) electrons. The van der Waals surface area contributed by atoms with Gasteiger partial charge in [-0.15, -0.1) is 0 Å². The van der Waals surface area contributed by atoms with E-state index in [-0.39, 0.29) is 5.78 Å². The molecule has 1 aliphatic rings. The van der Waals surface area contributed by atoms with Gasteiger partial charge in [0.25, 0.3) is 0 Å². The molecule has 0 heterocycles. The first kappa shape index (κ1) is 13.7. The summed E-state index contributed by atoms with van der Waals surface area (Å²) in [5.74, 6) is -0.341. The summed E-state index contributed by atoms with van der Waals surface area (Å²) < 4.78 is 0. The van der Waals surface area contributed by atoms with Crippen LogP contribution in [0.3, 0.4) is 0 Å². The lowest BCUT2D eigenvalue weighted by Gasteiger charge is -2.48. The van der Waals surface area contributed by atoms with Gasteiger partial charge in [-0.2, -0.15) is 0 Å². The molecule has 1 fully saturated rings. The number of halogens is 1. The van der Waals surface area contributed by atoms with Gasteiger partial charge in [-0.1, -0.05) is 41.4 Å². The van der Waals surface area contributed by atoms with Gasteiger partial charge in [0, 0.05) is 5.02 Å². The van der Waals surface area contributed by atoms with Crippen molar-refractivity contribution in [3.05, 3.63) is 34.9 Å². The number of benzene rings is 1. The fraction of sp³-hybridized carbons (Fsp3) is 0.417. The zero-order valence-electron chi connectivity index (χ0n) is 10.6. The predicted molar refractivity (Wildman–Crippen MR) is 77.3 cm³/mol. The fourth-order valence-corrected chi connectivity index (χ4v) is 2.99. The van der Waals surface area contributed by atoms with E-state index in [4.69, 9.17) is 17.3 Å². The number of carbonyl (C=O) groups excluding carboxylic acids is 1. The molecule has 18 heavy (non-hydrogen) atoms. The maximum Gasteiger partial charge on any atom is 0.184 e. The highest BCUT2D eigenvalue weighted by Gasteiger charge is 2.54. The van der Waals surface area contributed by atoms with Gasteiger partial charge < -0.3 is 10.8 Å². The number of Topliss-reactive ketones (excluding diaryl/α,β-unsaturated/α-hetero) is 1. The van der Waals surface area contributed by atoms with E-state index in [1.807, 2.05) is 15.7 Å². The van der Waals surface area contributed by atoms with Gasteiger partial charge in [0.1, 0.15) is 21.8 Å². The fourth-order valence-electron chi connectivity index (χ4n) is 2.70. The largest absolute Gasteiger partial charge is 0.385 e. The zero-order chi connectivity index (χ0) is 13.6. The Morgan fingerprint density at radius 3 is 2.61 bits per heavy atom. The predicted octanol–water partition coefficient (Wildman–Crippen LogP) is -0.400. The third-order valence-corrected chi connectivity index (χ3v) is 4.43. The van der Waals surface area contributed by atoms with Crippen molar-refractivity contribution in [2.24, 2.45) is 5.73 Å². The number of hydrogen-bond donors (Lipinski definition) is 2. The summed E-state index contributed by atoms with van der Waals surface area (Å²) in [6, 6.07) is 7.09. The Balaban J connectivity index is 2.62. The van der Waals surface area contributed by atoms with Crippen LogP contribution in [-0.2, 0) is 10.3 Å². The van der Waals surface area contributed by atoms with Crippen LogP contribution in [0.2, 0.25) is 10.2 Å². The number of ketones is 1. The molecule has 3 N–H and O–H groups in total. The van der Waals surface area contributed by atoms with Crippen LogP contribution in [0.5, 0.6) is 0 Å². The van der Waals surface area contributed by atoms with Crippen LogP contribution < -0.4 is 5.73 Å². The average molecular weight is 263 g/mol. The van der Waals surface area contributed by atoms with Crippen molar-refractivity contribution in [2.75, 3.05) is 0 Å². The lowest BCUT2D eigenvalue weighted by Crippen LogP contribution is -2.61. The van der Waals surface area contributed by atoms with Crippen LogP contribution >= 0.6 is 11.6 Å². The van der Waals surface area contributed by atoms with Crippen molar-refractivity contribution in [3.63, 3.8) is 0 Å². The maximum atomic E-state index is 12.4. The Morgan fingerprint density at radius 1 is 1.39 bits per heavy atom. The van der Waals surface area contributed by atoms with Crippen molar-refractivity contribution in [3.8, 4) is 0 Å². The van der Waals surface area contributed by atoms with Crippen molar-refractivity contribution in [1.29, 1.82) is 0 Å². The van der Waals surface area contributed by atoms with Crippen molar-refractivity contribution >= 4 is 33.1 Å². The van der Waals surface area contributed by atoms with Crippen molar-refractivity contribution in [1.82, 2.24) is 0 Å². The van der Waals surface area contributed by atoms with E-state index in [9.17, 15) is 9.90 Å². The van der Waals surface area contributed by atoms with E-state index in [2.05, 4.69) is 0 Å². The molecular formula is C12H16B2ClNO2. The van der Waals surface area contributed by atoms with Gasteiger partial charge >= 0.3 is 0 Å². The Hall–Kier alpha value is -0.770. The molecule has 2 atom stereocenters. The van der Waals surface area contributed by atoms with Crippen LogP contribution in [0.15, 0.2) is 24.3 Å². The summed E-state index contributed by atoms with van der Waals surface area (Å²) in [5, 5.41) is 9.86.